The molecule has 0 spiro atoms. The molecule has 0 unspecified atom stereocenters. The van der Waals surface area contributed by atoms with Crippen LogP contribution in [-0.4, -0.2) is 41.6 Å². The summed E-state index contributed by atoms with van der Waals surface area (Å²) in [6.07, 6.45) is 3.00. The molecule has 0 amide bonds. The Hall–Kier alpha value is -1.41. The lowest BCUT2D eigenvalue weighted by atomic mass is 9.95. The van der Waals surface area contributed by atoms with Gasteiger partial charge < -0.3 is 5.73 Å². The summed E-state index contributed by atoms with van der Waals surface area (Å²) in [5.74, 6) is 0.0196. The van der Waals surface area contributed by atoms with E-state index < -0.39 is 10.0 Å². The highest BCUT2D eigenvalue weighted by Gasteiger charge is 2.38. The molecule has 1 fully saturated rings. The number of aromatic nitrogens is 2. The lowest BCUT2D eigenvalue weighted by Crippen LogP contribution is -2.32. The van der Waals surface area contributed by atoms with E-state index in [-0.39, 0.29) is 35.3 Å². The van der Waals surface area contributed by atoms with E-state index >= 15 is 0 Å². The zero-order valence-corrected chi connectivity index (χ0v) is 15.4. The van der Waals surface area contributed by atoms with Crippen molar-refractivity contribution in [3.8, 4) is 0 Å². The summed E-state index contributed by atoms with van der Waals surface area (Å²) < 4.78 is 28.7. The van der Waals surface area contributed by atoms with Gasteiger partial charge in [0.1, 0.15) is 4.90 Å². The number of sulfonamides is 1. The number of halogens is 1. The van der Waals surface area contributed by atoms with Gasteiger partial charge in [0.05, 0.1) is 6.20 Å². The summed E-state index contributed by atoms with van der Waals surface area (Å²) >= 11 is 0. The van der Waals surface area contributed by atoms with E-state index in [1.807, 2.05) is 44.2 Å². The number of hydrogen-bond donors (Lipinski definition) is 1. The predicted molar refractivity (Wildman–Crippen MR) is 95.8 cm³/mol. The smallest absolute Gasteiger partial charge is 0.246 e. The zero-order valence-electron chi connectivity index (χ0n) is 13.7. The van der Waals surface area contributed by atoms with Crippen LogP contribution in [0, 0.1) is 0 Å². The maximum atomic E-state index is 12.8. The molecule has 0 radical (unpaired) electrons. The Morgan fingerprint density at radius 3 is 2.46 bits per heavy atom. The lowest BCUT2D eigenvalue weighted by Gasteiger charge is -2.15. The molecule has 2 aromatic rings. The topological polar surface area (TPSA) is 81.2 Å². The number of nitrogens with zero attached hydrogens (tertiary/aromatic N) is 3. The standard InChI is InChI=1S/C16H22N4O2S.ClH/c1-12(2)20-9-14(8-18-20)23(21,22)19-10-15(16(17)11-19)13-6-4-3-5-7-13;/h3-9,12,15-16H,10-11,17H2,1-2H3;1H/t15-,16+;/m0./s1. The molecule has 0 bridgehead atoms. The molecular weight excluding hydrogens is 348 g/mol. The van der Waals surface area contributed by atoms with Crippen LogP contribution in [0.4, 0.5) is 0 Å². The van der Waals surface area contributed by atoms with Gasteiger partial charge in [0.15, 0.2) is 0 Å². The fraction of sp³-hybridized carbons (Fsp3) is 0.438. The van der Waals surface area contributed by atoms with Crippen LogP contribution in [-0.2, 0) is 10.0 Å². The minimum absolute atomic E-state index is 0. The number of nitrogens with two attached hydrogens (primary N) is 1. The SMILES string of the molecule is CC(C)n1cc(S(=O)(=O)N2C[C@@H](N)[C@H](c3ccccc3)C2)cn1.Cl. The van der Waals surface area contributed by atoms with Gasteiger partial charge in [-0.15, -0.1) is 12.4 Å². The Labute approximate surface area is 149 Å². The summed E-state index contributed by atoms with van der Waals surface area (Å²) in [5.41, 5.74) is 7.28. The van der Waals surface area contributed by atoms with E-state index in [1.54, 1.807) is 10.9 Å². The minimum atomic E-state index is -3.56. The molecule has 1 aromatic carbocycles. The fourth-order valence-electron chi connectivity index (χ4n) is 2.93. The van der Waals surface area contributed by atoms with Crippen molar-refractivity contribution in [3.05, 3.63) is 48.3 Å². The van der Waals surface area contributed by atoms with Crippen LogP contribution in [0.2, 0.25) is 0 Å². The van der Waals surface area contributed by atoms with Crippen LogP contribution in [0.25, 0.3) is 0 Å². The Balaban J connectivity index is 0.00000208. The summed E-state index contributed by atoms with van der Waals surface area (Å²) in [6.45, 7) is 4.65. The fourth-order valence-corrected chi connectivity index (χ4v) is 4.37. The molecule has 1 aromatic heterocycles. The molecule has 0 saturated carbocycles. The molecule has 1 aliphatic rings. The molecule has 1 saturated heterocycles. The predicted octanol–water partition coefficient (Wildman–Crippen LogP) is 2.00. The van der Waals surface area contributed by atoms with Crippen LogP contribution in [0.1, 0.15) is 31.4 Å². The van der Waals surface area contributed by atoms with Gasteiger partial charge in [-0.05, 0) is 19.4 Å². The van der Waals surface area contributed by atoms with Crippen molar-refractivity contribution in [1.29, 1.82) is 0 Å². The van der Waals surface area contributed by atoms with Crippen molar-refractivity contribution in [2.45, 2.75) is 36.7 Å². The molecule has 0 aliphatic carbocycles. The average Bonchev–Trinajstić information content (AvgIpc) is 3.15. The van der Waals surface area contributed by atoms with Gasteiger partial charge >= 0.3 is 0 Å². The van der Waals surface area contributed by atoms with Crippen LogP contribution in [0.15, 0.2) is 47.6 Å². The molecule has 2 atom stereocenters. The van der Waals surface area contributed by atoms with Gasteiger partial charge in [0.25, 0.3) is 0 Å². The first kappa shape index (κ1) is 18.9. The Morgan fingerprint density at radius 1 is 1.21 bits per heavy atom. The normalized spacial score (nSPS) is 21.8. The molecule has 6 nitrogen and oxygen atoms in total. The lowest BCUT2D eigenvalue weighted by molar-refractivity contribution is 0.469. The van der Waals surface area contributed by atoms with Crippen molar-refractivity contribution in [3.63, 3.8) is 0 Å². The molecule has 2 heterocycles. The van der Waals surface area contributed by atoms with Gasteiger partial charge in [0, 0.05) is 37.3 Å². The van der Waals surface area contributed by atoms with E-state index in [0.717, 1.165) is 5.56 Å². The highest BCUT2D eigenvalue weighted by molar-refractivity contribution is 7.89. The summed E-state index contributed by atoms with van der Waals surface area (Å²) in [6, 6.07) is 9.76. The maximum Gasteiger partial charge on any atom is 0.246 e. The molecular formula is C16H23ClN4O2S. The molecule has 2 N–H and O–H groups in total. The second-order valence-corrected chi connectivity index (χ2v) is 8.19. The Bertz CT molecular complexity index is 776. The third kappa shape index (κ3) is 3.49. The van der Waals surface area contributed by atoms with E-state index in [9.17, 15) is 8.42 Å². The first-order valence-electron chi connectivity index (χ1n) is 7.74. The highest BCUT2D eigenvalue weighted by atomic mass is 35.5. The Kier molecular flexibility index (Phi) is 5.70. The summed E-state index contributed by atoms with van der Waals surface area (Å²) in [5, 5.41) is 4.13. The highest BCUT2D eigenvalue weighted by Crippen LogP contribution is 2.30. The van der Waals surface area contributed by atoms with Gasteiger partial charge in [0.2, 0.25) is 10.0 Å². The van der Waals surface area contributed by atoms with Gasteiger partial charge in [-0.1, -0.05) is 30.3 Å². The number of benzene rings is 1. The van der Waals surface area contributed by atoms with Crippen molar-refractivity contribution in [1.82, 2.24) is 14.1 Å². The van der Waals surface area contributed by atoms with Crippen molar-refractivity contribution in [2.75, 3.05) is 13.1 Å². The van der Waals surface area contributed by atoms with Gasteiger partial charge in [-0.3, -0.25) is 4.68 Å². The van der Waals surface area contributed by atoms with E-state index in [2.05, 4.69) is 5.10 Å². The van der Waals surface area contributed by atoms with Gasteiger partial charge in [-0.25, -0.2) is 8.42 Å². The maximum absolute atomic E-state index is 12.8. The third-order valence-electron chi connectivity index (χ3n) is 4.30. The van der Waals surface area contributed by atoms with E-state index in [1.165, 1.54) is 10.5 Å². The van der Waals surface area contributed by atoms with Crippen LogP contribution in [0.3, 0.4) is 0 Å². The molecule has 1 aliphatic heterocycles. The van der Waals surface area contributed by atoms with Crippen LogP contribution in [0.5, 0.6) is 0 Å². The average molecular weight is 371 g/mol. The minimum Gasteiger partial charge on any atom is -0.326 e. The number of rotatable bonds is 4. The van der Waals surface area contributed by atoms with Crippen molar-refractivity contribution < 1.29 is 8.42 Å². The molecule has 8 heteroatoms. The van der Waals surface area contributed by atoms with Crippen molar-refractivity contribution in [2.24, 2.45) is 5.73 Å². The molecule has 24 heavy (non-hydrogen) atoms. The number of hydrogen-bond acceptors (Lipinski definition) is 4. The van der Waals surface area contributed by atoms with Gasteiger partial charge in [-0.2, -0.15) is 9.40 Å². The first-order valence-corrected chi connectivity index (χ1v) is 9.18. The monoisotopic (exact) mass is 370 g/mol. The molecule has 132 valence electrons. The van der Waals surface area contributed by atoms with E-state index in [4.69, 9.17) is 5.73 Å². The third-order valence-corrected chi connectivity index (χ3v) is 6.09. The quantitative estimate of drug-likeness (QED) is 0.892. The second kappa shape index (κ2) is 7.23. The molecule has 3 rings (SSSR count). The Morgan fingerprint density at radius 2 is 1.88 bits per heavy atom. The second-order valence-electron chi connectivity index (χ2n) is 6.25. The van der Waals surface area contributed by atoms with Crippen molar-refractivity contribution >= 4 is 22.4 Å². The van der Waals surface area contributed by atoms with Crippen LogP contribution >= 0.6 is 12.4 Å². The summed E-state index contributed by atoms with van der Waals surface area (Å²) in [7, 11) is -3.56. The first-order chi connectivity index (χ1) is 10.9. The van der Waals surface area contributed by atoms with Crippen LogP contribution < -0.4 is 5.73 Å². The zero-order chi connectivity index (χ0) is 16.6. The van der Waals surface area contributed by atoms with E-state index in [0.29, 0.717) is 13.1 Å². The summed E-state index contributed by atoms with van der Waals surface area (Å²) in [4.78, 5) is 0.229. The largest absolute Gasteiger partial charge is 0.326 e.